The summed E-state index contributed by atoms with van der Waals surface area (Å²) in [5, 5.41) is 1.01. The number of nitrogens with one attached hydrogen (secondary N) is 1. The van der Waals surface area contributed by atoms with Crippen molar-refractivity contribution in [2.45, 2.75) is 13.0 Å². The number of benzene rings is 1. The number of carbonyl (C=O) groups excluding carboxylic acids is 1. The first kappa shape index (κ1) is 23.1. The highest BCUT2D eigenvalue weighted by atomic mass is 16.2. The Morgan fingerprint density at radius 2 is 1.81 bits per heavy atom. The molecular formula is C28H28N8O. The lowest BCUT2D eigenvalue weighted by Crippen LogP contribution is -2.49. The van der Waals surface area contributed by atoms with E-state index in [9.17, 15) is 4.79 Å². The maximum Gasteiger partial charge on any atom is 0.270 e. The van der Waals surface area contributed by atoms with Crippen molar-refractivity contribution in [2.24, 2.45) is 0 Å². The van der Waals surface area contributed by atoms with Gasteiger partial charge in [-0.05, 0) is 42.0 Å². The molecule has 1 amide bonds. The Hall–Kier alpha value is -4.37. The predicted molar refractivity (Wildman–Crippen MR) is 141 cm³/mol. The Balaban J connectivity index is 1.10. The van der Waals surface area contributed by atoms with Crippen LogP contribution in [0, 0.1) is 0 Å². The summed E-state index contributed by atoms with van der Waals surface area (Å²) in [6.07, 6.45) is 9.76. The molecule has 1 aliphatic heterocycles. The molecular weight excluding hydrogens is 464 g/mol. The number of hydrogen-bond acceptors (Lipinski definition) is 6. The summed E-state index contributed by atoms with van der Waals surface area (Å²) in [6.45, 7) is 5.09. The number of nitrogens with zero attached hydrogens (tertiary/aromatic N) is 7. The highest BCUT2D eigenvalue weighted by Gasteiger charge is 2.23. The zero-order valence-electron chi connectivity index (χ0n) is 20.5. The van der Waals surface area contributed by atoms with E-state index in [1.54, 1.807) is 18.6 Å². The van der Waals surface area contributed by atoms with Crippen LogP contribution in [0.15, 0.2) is 79.6 Å². The van der Waals surface area contributed by atoms with Gasteiger partial charge in [-0.25, -0.2) is 15.0 Å². The monoisotopic (exact) mass is 492 g/mol. The fourth-order valence-corrected chi connectivity index (χ4v) is 4.75. The molecule has 1 saturated heterocycles. The molecule has 0 saturated carbocycles. The number of aromatic nitrogens is 6. The van der Waals surface area contributed by atoms with Crippen LogP contribution < -0.4 is 0 Å². The van der Waals surface area contributed by atoms with E-state index in [4.69, 9.17) is 4.98 Å². The second-order valence-corrected chi connectivity index (χ2v) is 9.29. The second-order valence-electron chi connectivity index (χ2n) is 9.29. The Labute approximate surface area is 214 Å². The summed E-state index contributed by atoms with van der Waals surface area (Å²) < 4.78 is 2.08. The normalized spacial score (nSPS) is 14.3. The summed E-state index contributed by atoms with van der Waals surface area (Å²) in [6, 6.07) is 15.8. The summed E-state index contributed by atoms with van der Waals surface area (Å²) in [4.78, 5) is 38.5. The molecule has 0 bridgehead atoms. The number of piperazine rings is 1. The lowest BCUT2D eigenvalue weighted by molar-refractivity contribution is 0.0628. The van der Waals surface area contributed by atoms with Gasteiger partial charge in [-0.15, -0.1) is 0 Å². The first-order chi connectivity index (χ1) is 18.2. The van der Waals surface area contributed by atoms with Gasteiger partial charge in [0.1, 0.15) is 11.5 Å². The minimum absolute atomic E-state index is 0.0541. The summed E-state index contributed by atoms with van der Waals surface area (Å²) in [5.41, 5.74) is 4.31. The van der Waals surface area contributed by atoms with E-state index >= 15 is 0 Å². The van der Waals surface area contributed by atoms with E-state index in [1.165, 1.54) is 0 Å². The molecule has 5 heterocycles. The Kier molecular flexibility index (Phi) is 6.43. The number of rotatable bonds is 7. The largest absolute Gasteiger partial charge is 0.351 e. The lowest BCUT2D eigenvalue weighted by Gasteiger charge is -2.34. The lowest BCUT2D eigenvalue weighted by atomic mass is 10.1. The number of hydrogen-bond donors (Lipinski definition) is 1. The van der Waals surface area contributed by atoms with E-state index in [2.05, 4.69) is 41.5 Å². The van der Waals surface area contributed by atoms with Crippen LogP contribution in [0.5, 0.6) is 0 Å². The smallest absolute Gasteiger partial charge is 0.270 e. The predicted octanol–water partition coefficient (Wildman–Crippen LogP) is 3.27. The van der Waals surface area contributed by atoms with E-state index in [0.29, 0.717) is 12.1 Å². The van der Waals surface area contributed by atoms with Crippen LogP contribution in [-0.2, 0) is 13.0 Å². The van der Waals surface area contributed by atoms with Gasteiger partial charge in [0.2, 0.25) is 0 Å². The summed E-state index contributed by atoms with van der Waals surface area (Å²) in [5.74, 6) is 0.790. The minimum Gasteiger partial charge on any atom is -0.351 e. The van der Waals surface area contributed by atoms with Crippen LogP contribution in [0.4, 0.5) is 0 Å². The molecule has 37 heavy (non-hydrogen) atoms. The molecule has 0 spiro atoms. The molecule has 9 nitrogen and oxygen atoms in total. The zero-order chi connectivity index (χ0) is 25.0. The van der Waals surface area contributed by atoms with Gasteiger partial charge in [0.05, 0.1) is 17.7 Å². The van der Waals surface area contributed by atoms with Crippen molar-refractivity contribution in [3.63, 3.8) is 0 Å². The Bertz CT molecular complexity index is 1490. The van der Waals surface area contributed by atoms with Gasteiger partial charge in [-0.3, -0.25) is 14.7 Å². The number of amides is 1. The molecule has 1 aliphatic rings. The van der Waals surface area contributed by atoms with E-state index < -0.39 is 0 Å². The molecule has 9 heteroatoms. The summed E-state index contributed by atoms with van der Waals surface area (Å²) in [7, 11) is 0. The third-order valence-corrected chi connectivity index (χ3v) is 6.80. The molecule has 0 radical (unpaired) electrons. The van der Waals surface area contributed by atoms with Crippen molar-refractivity contribution in [1.82, 2.24) is 39.3 Å². The number of fused-ring (bicyclic) bond motifs is 1. The molecule has 186 valence electrons. The molecule has 4 aromatic heterocycles. The molecule has 5 aromatic rings. The minimum atomic E-state index is 0.0541. The van der Waals surface area contributed by atoms with Crippen molar-refractivity contribution in [3.05, 3.63) is 96.7 Å². The SMILES string of the molecule is O=C(c1cc2cc(Cc3nccc(-c4ccccn4)n3)ccc2[nH]1)N1CCN(CCn2ccnc2)CC1. The standard InChI is InChI=1S/C28H28N8O/c37-28(36-15-13-34(14-16-36)11-12-35-10-9-29-20-35)26-19-22-17-21(4-5-23(22)32-26)18-27-31-8-6-25(33-27)24-3-1-2-7-30-24/h1-10,17,19-20,32H,11-16,18H2. The first-order valence-corrected chi connectivity index (χ1v) is 12.5. The van der Waals surface area contributed by atoms with Gasteiger partial charge >= 0.3 is 0 Å². The van der Waals surface area contributed by atoms with Crippen LogP contribution in [0.1, 0.15) is 21.9 Å². The van der Waals surface area contributed by atoms with Crippen LogP contribution >= 0.6 is 0 Å². The average molecular weight is 493 g/mol. The van der Waals surface area contributed by atoms with Gasteiger partial charge in [-0.1, -0.05) is 12.1 Å². The number of H-pyrrole nitrogens is 1. The van der Waals surface area contributed by atoms with E-state index in [-0.39, 0.29) is 5.91 Å². The van der Waals surface area contributed by atoms with Crippen molar-refractivity contribution < 1.29 is 4.79 Å². The molecule has 0 atom stereocenters. The fraction of sp³-hybridized carbons (Fsp3) is 0.250. The van der Waals surface area contributed by atoms with Crippen molar-refractivity contribution >= 4 is 16.8 Å². The van der Waals surface area contributed by atoms with E-state index in [1.807, 2.05) is 53.8 Å². The highest BCUT2D eigenvalue weighted by molar-refractivity contribution is 5.98. The van der Waals surface area contributed by atoms with E-state index in [0.717, 1.165) is 72.9 Å². The molecule has 0 aliphatic carbocycles. The molecule has 1 aromatic carbocycles. The van der Waals surface area contributed by atoms with Crippen molar-refractivity contribution in [2.75, 3.05) is 32.7 Å². The van der Waals surface area contributed by atoms with Crippen LogP contribution in [0.2, 0.25) is 0 Å². The van der Waals surface area contributed by atoms with Gasteiger partial charge < -0.3 is 14.5 Å². The van der Waals surface area contributed by atoms with Gasteiger partial charge in [0.25, 0.3) is 5.91 Å². The van der Waals surface area contributed by atoms with Crippen molar-refractivity contribution in [1.29, 1.82) is 0 Å². The van der Waals surface area contributed by atoms with Crippen LogP contribution in [0.3, 0.4) is 0 Å². The fourth-order valence-electron chi connectivity index (χ4n) is 4.75. The zero-order valence-corrected chi connectivity index (χ0v) is 20.5. The number of aromatic amines is 1. The molecule has 1 fully saturated rings. The van der Waals surface area contributed by atoms with Crippen molar-refractivity contribution in [3.8, 4) is 11.4 Å². The molecule has 1 N–H and O–H groups in total. The first-order valence-electron chi connectivity index (χ1n) is 12.5. The third-order valence-electron chi connectivity index (χ3n) is 6.80. The third kappa shape index (κ3) is 5.26. The van der Waals surface area contributed by atoms with Crippen LogP contribution in [0.25, 0.3) is 22.3 Å². The number of pyridine rings is 1. The number of imidazole rings is 1. The highest BCUT2D eigenvalue weighted by Crippen LogP contribution is 2.21. The molecule has 6 rings (SSSR count). The maximum absolute atomic E-state index is 13.2. The quantitative estimate of drug-likeness (QED) is 0.375. The Morgan fingerprint density at radius 1 is 0.892 bits per heavy atom. The van der Waals surface area contributed by atoms with Gasteiger partial charge in [0.15, 0.2) is 0 Å². The van der Waals surface area contributed by atoms with Gasteiger partial charge in [-0.2, -0.15) is 0 Å². The maximum atomic E-state index is 13.2. The molecule has 0 unspecified atom stereocenters. The van der Waals surface area contributed by atoms with Gasteiger partial charge in [0, 0.05) is 81.4 Å². The van der Waals surface area contributed by atoms with Crippen LogP contribution in [-0.4, -0.2) is 77.9 Å². The summed E-state index contributed by atoms with van der Waals surface area (Å²) >= 11 is 0. The second kappa shape index (κ2) is 10.3. The number of carbonyl (C=O) groups is 1. The Morgan fingerprint density at radius 3 is 2.62 bits per heavy atom. The topological polar surface area (TPSA) is 95.8 Å². The average Bonchev–Trinajstić information content (AvgIpc) is 3.62.